The van der Waals surface area contributed by atoms with Gasteiger partial charge in [0, 0.05) is 10.0 Å². The van der Waals surface area contributed by atoms with Gasteiger partial charge in [-0.1, -0.05) is 15.9 Å². The molecule has 0 N–H and O–H groups in total. The van der Waals surface area contributed by atoms with Crippen LogP contribution in [0.25, 0.3) is 0 Å². The second-order valence-corrected chi connectivity index (χ2v) is 3.44. The van der Waals surface area contributed by atoms with E-state index in [1.165, 1.54) is 6.07 Å². The molecule has 0 fully saturated rings. The van der Waals surface area contributed by atoms with Crippen molar-refractivity contribution >= 4 is 21.9 Å². The highest BCUT2D eigenvalue weighted by Crippen LogP contribution is 2.31. The van der Waals surface area contributed by atoms with E-state index in [1.54, 1.807) is 6.07 Å². The molecular weight excluding hydrogens is 227 g/mol. The molecule has 0 atom stereocenters. The second-order valence-electron chi connectivity index (χ2n) is 2.53. The van der Waals surface area contributed by atoms with Crippen LogP contribution in [0.4, 0.5) is 4.39 Å². The Morgan fingerprint density at radius 3 is 3.00 bits per heavy atom. The maximum atomic E-state index is 13.0. The number of ether oxygens (including phenoxy) is 1. The van der Waals surface area contributed by atoms with Crippen molar-refractivity contribution in [1.82, 2.24) is 0 Å². The predicted octanol–water partition coefficient (Wildman–Crippen LogP) is 2.05. The molecule has 2 rings (SSSR count). The molecule has 0 bridgehead atoms. The van der Waals surface area contributed by atoms with Crippen LogP contribution in [0.15, 0.2) is 16.6 Å². The number of hydrogen-bond donors (Lipinski definition) is 0. The van der Waals surface area contributed by atoms with E-state index in [0.717, 1.165) is 0 Å². The van der Waals surface area contributed by atoms with Crippen LogP contribution in [0.2, 0.25) is 0 Å². The summed E-state index contributed by atoms with van der Waals surface area (Å²) < 4.78 is 18.3. The molecule has 4 heteroatoms. The van der Waals surface area contributed by atoms with Gasteiger partial charge in [0.25, 0.3) is 0 Å². The summed E-state index contributed by atoms with van der Waals surface area (Å²) in [5, 5.41) is 0. The summed E-state index contributed by atoms with van der Waals surface area (Å²) in [4.78, 5) is 10.8. The maximum Gasteiger partial charge on any atom is 0.315 e. The van der Waals surface area contributed by atoms with E-state index in [0.29, 0.717) is 10.0 Å². The Morgan fingerprint density at radius 2 is 2.25 bits per heavy atom. The third kappa shape index (κ3) is 1.12. The first-order valence-corrected chi connectivity index (χ1v) is 4.15. The molecule has 0 spiro atoms. The lowest BCUT2D eigenvalue weighted by Crippen LogP contribution is -2.00. The smallest absolute Gasteiger partial charge is 0.315 e. The quantitative estimate of drug-likeness (QED) is 0.504. The highest BCUT2D eigenvalue weighted by Gasteiger charge is 2.24. The first-order valence-electron chi connectivity index (χ1n) is 3.35. The fraction of sp³-hybridized carbons (Fsp3) is 0.125. The lowest BCUT2D eigenvalue weighted by atomic mass is 10.2. The highest BCUT2D eigenvalue weighted by molar-refractivity contribution is 9.10. The van der Waals surface area contributed by atoms with Gasteiger partial charge in [-0.3, -0.25) is 4.79 Å². The van der Waals surface area contributed by atoms with E-state index < -0.39 is 11.8 Å². The minimum absolute atomic E-state index is 0.0724. The molecule has 62 valence electrons. The Kier molecular flexibility index (Phi) is 1.65. The van der Waals surface area contributed by atoms with Crippen molar-refractivity contribution in [3.8, 4) is 5.75 Å². The zero-order chi connectivity index (χ0) is 8.72. The first-order chi connectivity index (χ1) is 5.66. The molecule has 1 aromatic rings. The van der Waals surface area contributed by atoms with E-state index >= 15 is 0 Å². The largest absolute Gasteiger partial charge is 0.423 e. The van der Waals surface area contributed by atoms with Crippen molar-refractivity contribution in [2.24, 2.45) is 0 Å². The molecule has 1 aliphatic heterocycles. The summed E-state index contributed by atoms with van der Waals surface area (Å²) >= 11 is 3.13. The summed E-state index contributed by atoms with van der Waals surface area (Å²) in [5.74, 6) is -0.824. The van der Waals surface area contributed by atoms with Crippen LogP contribution in [0.1, 0.15) is 5.56 Å². The molecule has 0 radical (unpaired) electrons. The maximum absolute atomic E-state index is 13.0. The average molecular weight is 231 g/mol. The number of hydrogen-bond acceptors (Lipinski definition) is 2. The Bertz CT molecular complexity index is 362. The molecule has 1 heterocycles. The van der Waals surface area contributed by atoms with Gasteiger partial charge in [-0.25, -0.2) is 4.39 Å². The Hall–Kier alpha value is -0.900. The van der Waals surface area contributed by atoms with Crippen LogP contribution in [-0.4, -0.2) is 5.97 Å². The van der Waals surface area contributed by atoms with E-state index in [-0.39, 0.29) is 12.2 Å². The van der Waals surface area contributed by atoms with Crippen molar-refractivity contribution < 1.29 is 13.9 Å². The molecule has 0 unspecified atom stereocenters. The number of fused-ring (bicyclic) bond motifs is 1. The molecule has 2 nitrogen and oxygen atoms in total. The zero-order valence-corrected chi connectivity index (χ0v) is 7.52. The summed E-state index contributed by atoms with van der Waals surface area (Å²) in [6.07, 6.45) is 0.158. The summed E-state index contributed by atoms with van der Waals surface area (Å²) in [6, 6.07) is 2.96. The topological polar surface area (TPSA) is 26.3 Å². The number of halogens is 2. The molecule has 0 aromatic heterocycles. The standard InChI is InChI=1S/C8H4BrFO2/c9-5-1-4-2-7(11)12-8(4)6(10)3-5/h1,3H,2H2. The summed E-state index contributed by atoms with van der Waals surface area (Å²) in [5.41, 5.74) is 0.604. The van der Waals surface area contributed by atoms with Crippen molar-refractivity contribution in [3.05, 3.63) is 28.0 Å². The molecule has 1 aromatic carbocycles. The van der Waals surface area contributed by atoms with Gasteiger partial charge in [-0.2, -0.15) is 0 Å². The van der Waals surface area contributed by atoms with Crippen molar-refractivity contribution in [1.29, 1.82) is 0 Å². The van der Waals surface area contributed by atoms with Crippen LogP contribution in [-0.2, 0) is 11.2 Å². The minimum Gasteiger partial charge on any atom is -0.423 e. The van der Waals surface area contributed by atoms with Crippen molar-refractivity contribution in [2.45, 2.75) is 6.42 Å². The van der Waals surface area contributed by atoms with Crippen LogP contribution in [0.3, 0.4) is 0 Å². The highest BCUT2D eigenvalue weighted by atomic mass is 79.9. The Labute approximate surface area is 76.5 Å². The molecule has 1 aliphatic rings. The second kappa shape index (κ2) is 2.55. The Morgan fingerprint density at radius 1 is 1.50 bits per heavy atom. The van der Waals surface area contributed by atoms with E-state index in [9.17, 15) is 9.18 Å². The third-order valence-corrected chi connectivity index (χ3v) is 2.09. The van der Waals surface area contributed by atoms with Crippen LogP contribution in [0.5, 0.6) is 5.75 Å². The molecular formula is C8H4BrFO2. The fourth-order valence-electron chi connectivity index (χ4n) is 1.16. The molecule has 0 saturated heterocycles. The van der Waals surface area contributed by atoms with Gasteiger partial charge in [0.15, 0.2) is 11.6 Å². The number of carbonyl (C=O) groups excluding carboxylic acids is 1. The van der Waals surface area contributed by atoms with Crippen molar-refractivity contribution in [2.75, 3.05) is 0 Å². The van der Waals surface area contributed by atoms with Gasteiger partial charge in [-0.15, -0.1) is 0 Å². The first kappa shape index (κ1) is 7.73. The van der Waals surface area contributed by atoms with Gasteiger partial charge in [0.2, 0.25) is 0 Å². The zero-order valence-electron chi connectivity index (χ0n) is 5.93. The van der Waals surface area contributed by atoms with Gasteiger partial charge < -0.3 is 4.74 Å². The van der Waals surface area contributed by atoms with Crippen LogP contribution in [0, 0.1) is 5.82 Å². The number of benzene rings is 1. The fourth-order valence-corrected chi connectivity index (χ4v) is 1.64. The number of rotatable bonds is 0. The van der Waals surface area contributed by atoms with Crippen molar-refractivity contribution in [3.63, 3.8) is 0 Å². The normalized spacial score (nSPS) is 14.3. The van der Waals surface area contributed by atoms with E-state index in [1.807, 2.05) is 0 Å². The minimum atomic E-state index is -0.495. The van der Waals surface area contributed by atoms with Crippen LogP contribution >= 0.6 is 15.9 Å². The third-order valence-electron chi connectivity index (χ3n) is 1.64. The molecule has 0 saturated carbocycles. The lowest BCUT2D eigenvalue weighted by molar-refractivity contribution is -0.132. The Balaban J connectivity index is 2.59. The van der Waals surface area contributed by atoms with E-state index in [2.05, 4.69) is 20.7 Å². The SMILES string of the molecule is O=C1Cc2cc(Br)cc(F)c2O1. The summed E-state index contributed by atoms with van der Waals surface area (Å²) in [6.45, 7) is 0. The molecule has 0 amide bonds. The monoisotopic (exact) mass is 230 g/mol. The number of carbonyl (C=O) groups is 1. The predicted molar refractivity (Wildman–Crippen MR) is 43.4 cm³/mol. The van der Waals surface area contributed by atoms with Crippen LogP contribution < -0.4 is 4.74 Å². The van der Waals surface area contributed by atoms with Gasteiger partial charge in [0.05, 0.1) is 6.42 Å². The van der Waals surface area contributed by atoms with Gasteiger partial charge in [-0.05, 0) is 12.1 Å². The summed E-state index contributed by atoms with van der Waals surface area (Å²) in [7, 11) is 0. The van der Waals surface area contributed by atoms with Gasteiger partial charge in [0.1, 0.15) is 0 Å². The number of esters is 1. The van der Waals surface area contributed by atoms with E-state index in [4.69, 9.17) is 0 Å². The average Bonchev–Trinajstić information content (AvgIpc) is 2.29. The van der Waals surface area contributed by atoms with Gasteiger partial charge >= 0.3 is 5.97 Å². The molecule has 0 aliphatic carbocycles. The lowest BCUT2D eigenvalue weighted by Gasteiger charge is -1.98. The molecule has 12 heavy (non-hydrogen) atoms.